The molecule has 9 nitrogen and oxygen atoms in total. The van der Waals surface area contributed by atoms with E-state index >= 15 is 0 Å². The Kier molecular flexibility index (Phi) is 7.84. The summed E-state index contributed by atoms with van der Waals surface area (Å²) in [5.41, 5.74) is 1.19. The predicted octanol–water partition coefficient (Wildman–Crippen LogP) is 4.26. The summed E-state index contributed by atoms with van der Waals surface area (Å²) in [4.78, 5) is 12.1. The number of carbonyl (C=O) groups is 1. The van der Waals surface area contributed by atoms with Crippen LogP contribution in [0.25, 0.3) is 0 Å². The molecule has 0 aromatic rings. The van der Waals surface area contributed by atoms with Gasteiger partial charge in [-0.3, -0.25) is 4.79 Å². The first-order chi connectivity index (χ1) is 21.8. The summed E-state index contributed by atoms with van der Waals surface area (Å²) in [6, 6.07) is 0. The summed E-state index contributed by atoms with van der Waals surface area (Å²) in [7, 11) is 0. The molecule has 4 saturated carbocycles. The molecule has 2 spiro atoms. The molecule has 9 heteroatoms. The van der Waals surface area contributed by atoms with Crippen molar-refractivity contribution in [2.24, 2.45) is 50.7 Å². The summed E-state index contributed by atoms with van der Waals surface area (Å²) in [6.45, 7) is 16.5. The fourth-order valence-electron chi connectivity index (χ4n) is 13.8. The Balaban J connectivity index is 1.15. The third-order valence-corrected chi connectivity index (χ3v) is 15.8. The van der Waals surface area contributed by atoms with Gasteiger partial charge in [-0.25, -0.2) is 0 Å². The highest BCUT2D eigenvalue weighted by Gasteiger charge is 2.83. The van der Waals surface area contributed by atoms with Gasteiger partial charge >= 0.3 is 5.97 Å². The number of carbonyl (C=O) groups excluding carboxylic acids is 1. The van der Waals surface area contributed by atoms with E-state index in [-0.39, 0.29) is 57.6 Å². The number of ether oxygens (including phenoxy) is 3. The van der Waals surface area contributed by atoms with E-state index < -0.39 is 42.4 Å². The number of hydrogen-bond donors (Lipinski definition) is 5. The molecule has 6 aliphatic carbocycles. The Bertz CT molecular complexity index is 1320. The maximum Gasteiger partial charge on any atom is 0.303 e. The second kappa shape index (κ2) is 10.7. The molecule has 5 N–H and O–H groups in total. The van der Waals surface area contributed by atoms with Crippen molar-refractivity contribution in [1.29, 1.82) is 0 Å². The molecule has 5 fully saturated rings. The molecule has 0 amide bonds. The van der Waals surface area contributed by atoms with E-state index in [9.17, 15) is 30.3 Å². The number of rotatable bonds is 5. The zero-order valence-electron chi connectivity index (χ0n) is 29.8. The Morgan fingerprint density at radius 1 is 0.957 bits per heavy atom. The Hall–Kier alpha value is -1.07. The number of aliphatic hydroxyl groups is 5. The van der Waals surface area contributed by atoms with Crippen molar-refractivity contribution in [3.05, 3.63) is 11.1 Å². The van der Waals surface area contributed by atoms with Gasteiger partial charge in [-0.1, -0.05) is 40.2 Å². The van der Waals surface area contributed by atoms with Gasteiger partial charge in [-0.05, 0) is 117 Å². The van der Waals surface area contributed by atoms with Crippen molar-refractivity contribution in [3.8, 4) is 0 Å². The van der Waals surface area contributed by atoms with Crippen molar-refractivity contribution in [2.75, 3.05) is 6.61 Å². The SMILES string of the molecule is CC(=O)O[C@@H](C1CC2=C([C@H](C)C1)[C@@]1(C)CC[C@@]34C[C@@]35CC[C@H](OC3OC[C@H](O)[C@H](O)[C@H]3O)C(C)(C)C5CCC4[C@]1(C)[C@H]2O)C(C)(C)O. The van der Waals surface area contributed by atoms with Crippen LogP contribution in [0.4, 0.5) is 0 Å². The van der Waals surface area contributed by atoms with Gasteiger partial charge in [0, 0.05) is 18.3 Å². The molecular weight excluding hydrogens is 600 g/mol. The van der Waals surface area contributed by atoms with Gasteiger partial charge in [-0.2, -0.15) is 0 Å². The lowest BCUT2D eigenvalue weighted by molar-refractivity contribution is -0.302. The van der Waals surface area contributed by atoms with Crippen LogP contribution in [0.2, 0.25) is 0 Å². The fourth-order valence-corrected chi connectivity index (χ4v) is 13.8. The molecule has 4 unspecified atom stereocenters. The number of esters is 1. The molecule has 15 atom stereocenters. The topological polar surface area (TPSA) is 146 Å². The van der Waals surface area contributed by atoms with E-state index in [1.165, 1.54) is 18.9 Å². The third-order valence-electron chi connectivity index (χ3n) is 15.8. The maximum atomic E-state index is 12.6. The average Bonchev–Trinajstić information content (AvgIpc) is 3.61. The van der Waals surface area contributed by atoms with Gasteiger partial charge in [-0.15, -0.1) is 0 Å². The molecule has 47 heavy (non-hydrogen) atoms. The monoisotopic (exact) mass is 660 g/mol. The number of hydrogen-bond acceptors (Lipinski definition) is 9. The number of fused-ring (bicyclic) bond motifs is 3. The van der Waals surface area contributed by atoms with Gasteiger partial charge in [0.25, 0.3) is 0 Å². The predicted molar refractivity (Wildman–Crippen MR) is 174 cm³/mol. The molecule has 1 saturated heterocycles. The first kappa shape index (κ1) is 34.4. The van der Waals surface area contributed by atoms with E-state index in [2.05, 4.69) is 34.6 Å². The summed E-state index contributed by atoms with van der Waals surface area (Å²) >= 11 is 0. The minimum atomic E-state index is -1.29. The fraction of sp³-hybridized carbons (Fsp3) is 0.921. The number of allylic oxidation sites excluding steroid dienone is 1. The molecular formula is C38H60O9. The average molecular weight is 661 g/mol. The smallest absolute Gasteiger partial charge is 0.303 e. The lowest BCUT2D eigenvalue weighted by Crippen LogP contribution is -2.61. The highest BCUT2D eigenvalue weighted by atomic mass is 16.7. The van der Waals surface area contributed by atoms with Crippen LogP contribution in [0, 0.1) is 50.7 Å². The Morgan fingerprint density at radius 2 is 1.62 bits per heavy atom. The molecule has 1 heterocycles. The highest BCUT2D eigenvalue weighted by molar-refractivity contribution is 5.66. The molecule has 0 radical (unpaired) electrons. The van der Waals surface area contributed by atoms with Crippen LogP contribution in [0.1, 0.15) is 113 Å². The molecule has 266 valence electrons. The summed E-state index contributed by atoms with van der Waals surface area (Å²) in [5, 5.41) is 54.5. The van der Waals surface area contributed by atoms with Crippen molar-refractivity contribution in [1.82, 2.24) is 0 Å². The molecule has 7 rings (SSSR count). The molecule has 7 aliphatic rings. The standard InChI is InChI=1S/C38H60O9/c1-19-15-21(31(34(5,6)44)46-20(2)39)16-22-27(19)35(7)13-14-38-18-37(38)12-11-26(47-32-29(42)28(41)23(40)17-45-32)33(3,4)24(37)9-10-25(38)36(35,8)30(22)43/h19,21,23-26,28-32,40-44H,9-18H2,1-8H3/t19-,21?,23+,24?,25?,26+,28+,29-,30+,31+,32?,35-,36-,37-,38+/m1/s1. The number of aliphatic hydroxyl groups excluding tert-OH is 4. The van der Waals surface area contributed by atoms with E-state index in [0.717, 1.165) is 50.5 Å². The molecule has 0 aromatic carbocycles. The van der Waals surface area contributed by atoms with E-state index in [1.54, 1.807) is 13.8 Å². The van der Waals surface area contributed by atoms with Gasteiger partial charge in [0.2, 0.25) is 0 Å². The summed E-state index contributed by atoms with van der Waals surface area (Å²) in [5.74, 6) is 0.619. The van der Waals surface area contributed by atoms with Crippen LogP contribution >= 0.6 is 0 Å². The van der Waals surface area contributed by atoms with Gasteiger partial charge in [0.15, 0.2) is 6.29 Å². The van der Waals surface area contributed by atoms with Crippen LogP contribution in [0.15, 0.2) is 11.1 Å². The van der Waals surface area contributed by atoms with E-state index in [0.29, 0.717) is 18.3 Å². The summed E-state index contributed by atoms with van der Waals surface area (Å²) in [6.07, 6.45) is 2.89. The van der Waals surface area contributed by atoms with Crippen LogP contribution < -0.4 is 0 Å². The zero-order valence-corrected chi connectivity index (χ0v) is 29.8. The minimum Gasteiger partial charge on any atom is -0.459 e. The second-order valence-electron chi connectivity index (χ2n) is 18.6. The maximum absolute atomic E-state index is 12.6. The largest absolute Gasteiger partial charge is 0.459 e. The highest BCUT2D eigenvalue weighted by Crippen LogP contribution is 2.89. The Labute approximate surface area is 280 Å². The van der Waals surface area contributed by atoms with Crippen molar-refractivity contribution < 1.29 is 44.5 Å². The first-order valence-corrected chi connectivity index (χ1v) is 18.4. The van der Waals surface area contributed by atoms with Crippen LogP contribution in [0.3, 0.4) is 0 Å². The second-order valence-corrected chi connectivity index (χ2v) is 18.6. The lowest BCUT2D eigenvalue weighted by Gasteiger charge is -2.64. The van der Waals surface area contributed by atoms with Crippen LogP contribution in [0.5, 0.6) is 0 Å². The van der Waals surface area contributed by atoms with Gasteiger partial charge in [0.1, 0.15) is 24.4 Å². The van der Waals surface area contributed by atoms with Crippen LogP contribution in [-0.2, 0) is 19.0 Å². The third kappa shape index (κ3) is 4.48. The molecule has 0 bridgehead atoms. The first-order valence-electron chi connectivity index (χ1n) is 18.4. The quantitative estimate of drug-likeness (QED) is 0.166. The normalized spacial score (nSPS) is 52.4. The van der Waals surface area contributed by atoms with E-state index in [4.69, 9.17) is 14.2 Å². The Morgan fingerprint density at radius 3 is 2.28 bits per heavy atom. The lowest BCUT2D eigenvalue weighted by atomic mass is 9.41. The molecule has 0 aromatic heterocycles. The van der Waals surface area contributed by atoms with Gasteiger partial charge < -0.3 is 39.7 Å². The minimum absolute atomic E-state index is 0.0567. The van der Waals surface area contributed by atoms with Crippen molar-refractivity contribution in [3.63, 3.8) is 0 Å². The summed E-state index contributed by atoms with van der Waals surface area (Å²) < 4.78 is 17.9. The van der Waals surface area contributed by atoms with Gasteiger partial charge in [0.05, 0.1) is 24.4 Å². The van der Waals surface area contributed by atoms with Crippen LogP contribution in [-0.4, -0.2) is 86.6 Å². The van der Waals surface area contributed by atoms with E-state index in [1.807, 2.05) is 0 Å². The molecule has 1 aliphatic heterocycles. The van der Waals surface area contributed by atoms with Crippen molar-refractivity contribution in [2.45, 2.75) is 162 Å². The van der Waals surface area contributed by atoms with Crippen molar-refractivity contribution >= 4 is 5.97 Å². The zero-order chi connectivity index (χ0) is 34.3.